The van der Waals surface area contributed by atoms with Gasteiger partial charge in [0.15, 0.2) is 0 Å². The van der Waals surface area contributed by atoms with Gasteiger partial charge in [-0.2, -0.15) is 11.8 Å². The number of nitrogens with one attached hydrogen (secondary N) is 1. The molecule has 1 aromatic carbocycles. The quantitative estimate of drug-likeness (QED) is 0.877. The Morgan fingerprint density at radius 2 is 2.15 bits per heavy atom. The molecule has 2 aromatic rings. The van der Waals surface area contributed by atoms with Crippen molar-refractivity contribution in [2.45, 2.75) is 50.9 Å². The minimum atomic E-state index is 0.673. The Labute approximate surface area is 125 Å². The highest BCUT2D eigenvalue weighted by molar-refractivity contribution is 7.99. The average molecular weight is 289 g/mol. The van der Waals surface area contributed by atoms with Gasteiger partial charge < -0.3 is 9.73 Å². The van der Waals surface area contributed by atoms with Gasteiger partial charge in [0.2, 0.25) is 0 Å². The van der Waals surface area contributed by atoms with Crippen LogP contribution in [0.5, 0.6) is 0 Å². The van der Waals surface area contributed by atoms with Crippen LogP contribution in [-0.4, -0.2) is 17.0 Å². The Morgan fingerprint density at radius 3 is 3.00 bits per heavy atom. The van der Waals surface area contributed by atoms with E-state index in [1.54, 1.807) is 0 Å². The molecule has 108 valence electrons. The summed E-state index contributed by atoms with van der Waals surface area (Å²) in [7, 11) is 0. The van der Waals surface area contributed by atoms with Crippen LogP contribution in [0.4, 0.5) is 0 Å². The molecule has 0 spiro atoms. The fourth-order valence-corrected chi connectivity index (χ4v) is 4.34. The van der Waals surface area contributed by atoms with E-state index in [1.165, 1.54) is 36.0 Å². The number of hydrogen-bond donors (Lipinski definition) is 1. The smallest absolute Gasteiger partial charge is 0.134 e. The maximum atomic E-state index is 5.83. The summed E-state index contributed by atoms with van der Waals surface area (Å²) in [5, 5.41) is 5.85. The van der Waals surface area contributed by atoms with E-state index in [1.807, 2.05) is 6.07 Å². The summed E-state index contributed by atoms with van der Waals surface area (Å²) in [4.78, 5) is 0. The number of fused-ring (bicyclic) bond motifs is 1. The molecule has 3 heteroatoms. The molecule has 3 rings (SSSR count). The lowest BCUT2D eigenvalue weighted by atomic mass is 10.1. The summed E-state index contributed by atoms with van der Waals surface area (Å²) in [5.74, 6) is 2.29. The van der Waals surface area contributed by atoms with Crippen molar-refractivity contribution in [3.63, 3.8) is 0 Å². The zero-order valence-corrected chi connectivity index (χ0v) is 13.1. The first kappa shape index (κ1) is 14.0. The van der Waals surface area contributed by atoms with Gasteiger partial charge in [-0.25, -0.2) is 0 Å². The second-order valence-electron chi connectivity index (χ2n) is 5.60. The van der Waals surface area contributed by atoms with Gasteiger partial charge in [0, 0.05) is 28.8 Å². The molecule has 0 aliphatic heterocycles. The average Bonchev–Trinajstić information content (AvgIpc) is 3.01. The van der Waals surface area contributed by atoms with Crippen LogP contribution < -0.4 is 5.32 Å². The first-order valence-corrected chi connectivity index (χ1v) is 8.64. The summed E-state index contributed by atoms with van der Waals surface area (Å²) >= 11 is 2.11. The molecule has 2 nitrogen and oxygen atoms in total. The van der Waals surface area contributed by atoms with Crippen LogP contribution in [-0.2, 0) is 6.54 Å². The molecule has 1 aliphatic carbocycles. The maximum Gasteiger partial charge on any atom is 0.134 e. The zero-order valence-electron chi connectivity index (χ0n) is 12.3. The first-order chi connectivity index (χ1) is 9.78. The van der Waals surface area contributed by atoms with Crippen LogP contribution in [0.1, 0.15) is 37.5 Å². The monoisotopic (exact) mass is 289 g/mol. The third-order valence-electron chi connectivity index (χ3n) is 4.25. The summed E-state index contributed by atoms with van der Waals surface area (Å²) in [6.07, 6.45) is 3.99. The van der Waals surface area contributed by atoms with Crippen molar-refractivity contribution >= 4 is 22.7 Å². The van der Waals surface area contributed by atoms with E-state index >= 15 is 0 Å². The molecule has 1 N–H and O–H groups in total. The Bertz CT molecular complexity index is 577. The third kappa shape index (κ3) is 2.89. The minimum Gasteiger partial charge on any atom is -0.461 e. The van der Waals surface area contributed by atoms with Crippen molar-refractivity contribution in [3.8, 4) is 0 Å². The van der Waals surface area contributed by atoms with E-state index < -0.39 is 0 Å². The molecule has 0 amide bonds. The normalized spacial score (nSPS) is 22.7. The Hall–Kier alpha value is -0.930. The number of para-hydroxylation sites is 1. The molecular formula is C17H23NOS. The van der Waals surface area contributed by atoms with Gasteiger partial charge >= 0.3 is 0 Å². The molecular weight excluding hydrogens is 266 g/mol. The van der Waals surface area contributed by atoms with Crippen LogP contribution in [0.3, 0.4) is 0 Å². The molecule has 1 aliphatic rings. The van der Waals surface area contributed by atoms with E-state index in [-0.39, 0.29) is 0 Å². The second kappa shape index (κ2) is 6.23. The molecule has 1 aromatic heterocycles. The first-order valence-electron chi connectivity index (χ1n) is 7.60. The second-order valence-corrected chi connectivity index (χ2v) is 7.18. The molecule has 0 bridgehead atoms. The van der Waals surface area contributed by atoms with E-state index in [0.717, 1.165) is 23.1 Å². The Morgan fingerprint density at radius 1 is 1.30 bits per heavy atom. The summed E-state index contributed by atoms with van der Waals surface area (Å²) in [5.41, 5.74) is 2.33. The van der Waals surface area contributed by atoms with Crippen molar-refractivity contribution < 1.29 is 4.42 Å². The Kier molecular flexibility index (Phi) is 4.37. The van der Waals surface area contributed by atoms with Crippen molar-refractivity contribution in [1.82, 2.24) is 5.32 Å². The van der Waals surface area contributed by atoms with Crippen LogP contribution >= 0.6 is 11.8 Å². The number of benzene rings is 1. The van der Waals surface area contributed by atoms with Gasteiger partial charge in [0.1, 0.15) is 11.3 Å². The molecule has 1 fully saturated rings. The predicted octanol–water partition coefficient (Wildman–Crippen LogP) is 4.51. The number of furan rings is 1. The molecule has 0 radical (unpaired) electrons. The van der Waals surface area contributed by atoms with E-state index in [0.29, 0.717) is 6.04 Å². The summed E-state index contributed by atoms with van der Waals surface area (Å²) in [6.45, 7) is 5.25. The van der Waals surface area contributed by atoms with Crippen LogP contribution in [0.2, 0.25) is 0 Å². The predicted molar refractivity (Wildman–Crippen MR) is 87.3 cm³/mol. The maximum absolute atomic E-state index is 5.83. The van der Waals surface area contributed by atoms with Gasteiger partial charge in [-0.1, -0.05) is 25.1 Å². The highest BCUT2D eigenvalue weighted by Crippen LogP contribution is 2.30. The highest BCUT2D eigenvalue weighted by Gasteiger charge is 2.24. The number of rotatable bonds is 5. The van der Waals surface area contributed by atoms with Crippen molar-refractivity contribution in [3.05, 3.63) is 35.6 Å². The van der Waals surface area contributed by atoms with Gasteiger partial charge in [0.25, 0.3) is 0 Å². The number of hydrogen-bond acceptors (Lipinski definition) is 3. The van der Waals surface area contributed by atoms with Gasteiger partial charge in [-0.3, -0.25) is 0 Å². The summed E-state index contributed by atoms with van der Waals surface area (Å²) in [6, 6.07) is 9.01. The molecule has 2 atom stereocenters. The van der Waals surface area contributed by atoms with E-state index in [9.17, 15) is 0 Å². The van der Waals surface area contributed by atoms with E-state index in [4.69, 9.17) is 4.42 Å². The standard InChI is InChI=1S/C17H23NOS/c1-3-20-14-9-8-13(10-14)18-11-16-12(2)19-17-7-5-4-6-15(16)17/h4-7,13-14,18H,3,8-11H2,1-2H3. The largest absolute Gasteiger partial charge is 0.461 e. The Balaban J connectivity index is 1.64. The topological polar surface area (TPSA) is 25.2 Å². The molecule has 0 saturated heterocycles. The van der Waals surface area contributed by atoms with Crippen molar-refractivity contribution in [2.75, 3.05) is 5.75 Å². The number of thioether (sulfide) groups is 1. The SMILES string of the molecule is CCSC1CCC(NCc2c(C)oc3ccccc23)C1. The van der Waals surface area contributed by atoms with E-state index in [2.05, 4.69) is 49.1 Å². The highest BCUT2D eigenvalue weighted by atomic mass is 32.2. The number of aryl methyl sites for hydroxylation is 1. The van der Waals surface area contributed by atoms with Crippen LogP contribution in [0.25, 0.3) is 11.0 Å². The fraction of sp³-hybridized carbons (Fsp3) is 0.529. The molecule has 1 saturated carbocycles. The molecule has 20 heavy (non-hydrogen) atoms. The van der Waals surface area contributed by atoms with Crippen LogP contribution in [0.15, 0.2) is 28.7 Å². The lowest BCUT2D eigenvalue weighted by molar-refractivity contribution is 0.514. The van der Waals surface area contributed by atoms with Crippen molar-refractivity contribution in [2.24, 2.45) is 0 Å². The summed E-state index contributed by atoms with van der Waals surface area (Å²) < 4.78 is 5.83. The molecule has 2 unspecified atom stereocenters. The lowest BCUT2D eigenvalue weighted by Crippen LogP contribution is -2.26. The lowest BCUT2D eigenvalue weighted by Gasteiger charge is -2.13. The van der Waals surface area contributed by atoms with Gasteiger partial charge in [-0.05, 0) is 38.0 Å². The zero-order chi connectivity index (χ0) is 13.9. The van der Waals surface area contributed by atoms with Crippen LogP contribution in [0, 0.1) is 6.92 Å². The minimum absolute atomic E-state index is 0.673. The van der Waals surface area contributed by atoms with Gasteiger partial charge in [0.05, 0.1) is 0 Å². The fourth-order valence-electron chi connectivity index (χ4n) is 3.20. The van der Waals surface area contributed by atoms with Crippen molar-refractivity contribution in [1.29, 1.82) is 0 Å². The third-order valence-corrected chi connectivity index (χ3v) is 5.49. The van der Waals surface area contributed by atoms with Gasteiger partial charge in [-0.15, -0.1) is 0 Å². The molecule has 1 heterocycles.